The minimum absolute atomic E-state index is 0.155. The molecule has 1 aromatic heterocycles. The van der Waals surface area contributed by atoms with Crippen LogP contribution in [0, 0.1) is 11.3 Å². The summed E-state index contributed by atoms with van der Waals surface area (Å²) in [5.41, 5.74) is 0.131. The number of ether oxygens (including phenoxy) is 2. The number of carbonyl (C=O) groups excluding carboxylic acids is 1. The molecule has 0 radical (unpaired) electrons. The number of ketones is 1. The molecule has 1 unspecified atom stereocenters. The topological polar surface area (TPSA) is 51.7 Å². The predicted octanol–water partition coefficient (Wildman–Crippen LogP) is 4.22. The fraction of sp³-hybridized carbons (Fsp3) is 0.739. The molecule has 0 saturated carbocycles. The van der Waals surface area contributed by atoms with Crippen molar-refractivity contribution >= 4 is 5.78 Å². The van der Waals surface area contributed by atoms with E-state index in [1.807, 2.05) is 32.0 Å². The van der Waals surface area contributed by atoms with Crippen molar-refractivity contribution in [3.05, 3.63) is 30.1 Å². The molecule has 0 aliphatic carbocycles. The molecular formula is C23H38N2O3. The Morgan fingerprint density at radius 1 is 1.14 bits per heavy atom. The van der Waals surface area contributed by atoms with Gasteiger partial charge in [0.25, 0.3) is 0 Å². The van der Waals surface area contributed by atoms with Crippen LogP contribution in [-0.2, 0) is 9.47 Å². The lowest BCUT2D eigenvalue weighted by atomic mass is 9.67. The molecule has 2 rings (SSSR count). The molecule has 2 heterocycles. The average Bonchev–Trinajstić information content (AvgIpc) is 2.68. The van der Waals surface area contributed by atoms with Gasteiger partial charge >= 0.3 is 0 Å². The van der Waals surface area contributed by atoms with Crippen LogP contribution in [0.4, 0.5) is 0 Å². The summed E-state index contributed by atoms with van der Waals surface area (Å²) in [5, 5.41) is 0. The van der Waals surface area contributed by atoms with Crippen molar-refractivity contribution in [1.29, 1.82) is 0 Å². The van der Waals surface area contributed by atoms with E-state index >= 15 is 0 Å². The first kappa shape index (κ1) is 23.0. The van der Waals surface area contributed by atoms with Crippen molar-refractivity contribution < 1.29 is 14.3 Å². The first-order valence-electron chi connectivity index (χ1n) is 10.7. The van der Waals surface area contributed by atoms with E-state index in [1.54, 1.807) is 6.20 Å². The van der Waals surface area contributed by atoms with E-state index in [2.05, 4.69) is 30.7 Å². The molecule has 0 amide bonds. The van der Waals surface area contributed by atoms with Crippen LogP contribution in [-0.4, -0.2) is 60.7 Å². The Hall–Kier alpha value is -1.30. The summed E-state index contributed by atoms with van der Waals surface area (Å²) in [7, 11) is 0. The molecule has 0 N–H and O–H groups in total. The van der Waals surface area contributed by atoms with E-state index in [-0.39, 0.29) is 18.0 Å². The van der Waals surface area contributed by atoms with Gasteiger partial charge in [-0.1, -0.05) is 13.0 Å². The number of pyridine rings is 1. The van der Waals surface area contributed by atoms with Gasteiger partial charge in [-0.2, -0.15) is 0 Å². The number of hydrogen-bond acceptors (Lipinski definition) is 5. The second-order valence-electron chi connectivity index (χ2n) is 8.67. The smallest absolute Gasteiger partial charge is 0.187 e. The minimum atomic E-state index is -0.441. The molecule has 0 bridgehead atoms. The lowest BCUT2D eigenvalue weighted by Crippen LogP contribution is -2.45. The summed E-state index contributed by atoms with van der Waals surface area (Å²) in [4.78, 5) is 20.2. The van der Waals surface area contributed by atoms with Crippen molar-refractivity contribution in [2.24, 2.45) is 11.3 Å². The molecule has 0 spiro atoms. The number of carbonyl (C=O) groups is 1. The summed E-state index contributed by atoms with van der Waals surface area (Å²) in [5.74, 6) is 0.502. The highest BCUT2D eigenvalue weighted by Gasteiger charge is 2.42. The lowest BCUT2D eigenvalue weighted by Gasteiger charge is -2.42. The number of aromatic nitrogens is 1. The molecule has 1 aliphatic heterocycles. The van der Waals surface area contributed by atoms with E-state index in [4.69, 9.17) is 9.47 Å². The van der Waals surface area contributed by atoms with Crippen LogP contribution in [0.1, 0.15) is 64.4 Å². The molecule has 5 nitrogen and oxygen atoms in total. The van der Waals surface area contributed by atoms with Gasteiger partial charge in [-0.05, 0) is 78.1 Å². The zero-order chi connectivity index (χ0) is 20.6. The number of likely N-dealkylation sites (tertiary alicyclic amines) is 1. The maximum atomic E-state index is 13.4. The van der Waals surface area contributed by atoms with Crippen molar-refractivity contribution in [3.8, 4) is 0 Å². The second kappa shape index (κ2) is 11.0. The Balaban J connectivity index is 2.02. The van der Waals surface area contributed by atoms with Crippen LogP contribution in [0.3, 0.4) is 0 Å². The van der Waals surface area contributed by atoms with Crippen molar-refractivity contribution in [1.82, 2.24) is 9.88 Å². The van der Waals surface area contributed by atoms with Gasteiger partial charge in [-0.15, -0.1) is 0 Å². The largest absolute Gasteiger partial charge is 0.379 e. The second-order valence-corrected chi connectivity index (χ2v) is 8.67. The summed E-state index contributed by atoms with van der Waals surface area (Å²) >= 11 is 0. The van der Waals surface area contributed by atoms with Crippen LogP contribution in [0.15, 0.2) is 24.4 Å². The monoisotopic (exact) mass is 390 g/mol. The first-order chi connectivity index (χ1) is 13.3. The van der Waals surface area contributed by atoms with Crippen LogP contribution in [0.2, 0.25) is 0 Å². The number of hydrogen-bond donors (Lipinski definition) is 0. The first-order valence-corrected chi connectivity index (χ1v) is 10.7. The standard InChI is InChI=1S/C23H38N2O3/c1-18(2)27-16-11-23(5,22(26)21-8-6-7-12-24-21)20-9-13-25(14-10-20)15-17-28-19(3)4/h6-8,12,18-20H,9-11,13-17H2,1-5H3. The number of Topliss-reactive ketones (excluding diaryl/α,β-unsaturated/α-hetero) is 1. The predicted molar refractivity (Wildman–Crippen MR) is 113 cm³/mol. The molecule has 5 heteroatoms. The zero-order valence-electron chi connectivity index (χ0n) is 18.3. The van der Waals surface area contributed by atoms with Gasteiger partial charge in [-0.3, -0.25) is 9.78 Å². The van der Waals surface area contributed by atoms with Crippen LogP contribution in [0.25, 0.3) is 0 Å². The van der Waals surface area contributed by atoms with Gasteiger partial charge in [0, 0.05) is 24.8 Å². The van der Waals surface area contributed by atoms with Gasteiger partial charge in [0.15, 0.2) is 5.78 Å². The van der Waals surface area contributed by atoms with Crippen molar-refractivity contribution in [2.75, 3.05) is 32.8 Å². The third kappa shape index (κ3) is 6.64. The molecule has 1 aromatic rings. The average molecular weight is 391 g/mol. The van der Waals surface area contributed by atoms with E-state index in [0.717, 1.165) is 45.5 Å². The van der Waals surface area contributed by atoms with Gasteiger partial charge < -0.3 is 14.4 Å². The van der Waals surface area contributed by atoms with Crippen molar-refractivity contribution in [3.63, 3.8) is 0 Å². The summed E-state index contributed by atoms with van der Waals surface area (Å²) < 4.78 is 11.5. The fourth-order valence-electron chi connectivity index (χ4n) is 4.01. The Kier molecular flexibility index (Phi) is 9.06. The molecule has 1 fully saturated rings. The number of nitrogens with zero attached hydrogens (tertiary/aromatic N) is 2. The quantitative estimate of drug-likeness (QED) is 0.530. The van der Waals surface area contributed by atoms with Crippen LogP contribution >= 0.6 is 0 Å². The molecule has 1 saturated heterocycles. The van der Waals surface area contributed by atoms with Crippen molar-refractivity contribution in [2.45, 2.75) is 66.1 Å². The van der Waals surface area contributed by atoms with Gasteiger partial charge in [0.2, 0.25) is 0 Å². The maximum Gasteiger partial charge on any atom is 0.187 e. The molecule has 1 atom stereocenters. The van der Waals surface area contributed by atoms with Gasteiger partial charge in [0.1, 0.15) is 5.69 Å². The third-order valence-electron chi connectivity index (χ3n) is 5.84. The molecule has 158 valence electrons. The van der Waals surface area contributed by atoms with Crippen LogP contribution in [0.5, 0.6) is 0 Å². The summed E-state index contributed by atoms with van der Waals surface area (Å²) in [6, 6.07) is 5.58. The summed E-state index contributed by atoms with van der Waals surface area (Å²) in [6.07, 6.45) is 4.95. The highest BCUT2D eigenvalue weighted by atomic mass is 16.5. The molecular weight excluding hydrogens is 352 g/mol. The summed E-state index contributed by atoms with van der Waals surface area (Å²) in [6.45, 7) is 14.7. The van der Waals surface area contributed by atoms with Gasteiger partial charge in [0.05, 0.1) is 18.8 Å². The third-order valence-corrected chi connectivity index (χ3v) is 5.84. The number of piperidine rings is 1. The van der Waals surface area contributed by atoms with E-state index in [1.165, 1.54) is 0 Å². The van der Waals surface area contributed by atoms with E-state index < -0.39 is 5.41 Å². The molecule has 1 aliphatic rings. The minimum Gasteiger partial charge on any atom is -0.379 e. The maximum absolute atomic E-state index is 13.4. The van der Waals surface area contributed by atoms with E-state index in [0.29, 0.717) is 18.2 Å². The Morgan fingerprint density at radius 3 is 2.36 bits per heavy atom. The lowest BCUT2D eigenvalue weighted by molar-refractivity contribution is 0.0136. The Bertz CT molecular complexity index is 583. The highest BCUT2D eigenvalue weighted by Crippen LogP contribution is 2.41. The van der Waals surface area contributed by atoms with E-state index in [9.17, 15) is 4.79 Å². The SMILES string of the molecule is CC(C)OCCN1CCC(C(C)(CCOC(C)C)C(=O)c2ccccn2)CC1. The Labute approximate surface area is 170 Å². The number of rotatable bonds is 11. The zero-order valence-corrected chi connectivity index (χ0v) is 18.3. The molecule has 0 aromatic carbocycles. The normalized spacial score (nSPS) is 18.5. The van der Waals surface area contributed by atoms with Gasteiger partial charge in [-0.25, -0.2) is 0 Å². The van der Waals surface area contributed by atoms with Crippen LogP contribution < -0.4 is 0 Å². The highest BCUT2D eigenvalue weighted by molar-refractivity contribution is 5.98. The molecule has 28 heavy (non-hydrogen) atoms. The fourth-order valence-corrected chi connectivity index (χ4v) is 4.01. The Morgan fingerprint density at radius 2 is 1.79 bits per heavy atom.